The molecule has 6 heterocycles. The lowest BCUT2D eigenvalue weighted by Gasteiger charge is -2.26. The van der Waals surface area contributed by atoms with Crippen molar-refractivity contribution in [2.75, 3.05) is 6.61 Å². The summed E-state index contributed by atoms with van der Waals surface area (Å²) in [5, 5.41) is 55.4. The van der Waals surface area contributed by atoms with E-state index >= 15 is 0 Å². The number of epoxide rings is 1. The van der Waals surface area contributed by atoms with Gasteiger partial charge in [0.15, 0.2) is 0 Å². The van der Waals surface area contributed by atoms with Gasteiger partial charge in [0, 0.05) is 66.0 Å². The van der Waals surface area contributed by atoms with Crippen molar-refractivity contribution in [1.82, 2.24) is 51.8 Å². The number of nitrogens with zero attached hydrogens (tertiary/aromatic N) is 4. The van der Waals surface area contributed by atoms with Crippen molar-refractivity contribution >= 4 is 122 Å². The van der Waals surface area contributed by atoms with Crippen LogP contribution in [0.15, 0.2) is 170 Å². The topological polar surface area (TPSA) is 412 Å². The first-order valence-corrected chi connectivity index (χ1v) is 32.9. The number of thiazole rings is 4. The van der Waals surface area contributed by atoms with Crippen LogP contribution >= 0.6 is 68.9 Å². The van der Waals surface area contributed by atoms with Crippen molar-refractivity contribution in [2.45, 2.75) is 63.1 Å². The number of carboxylic acid groups (broad SMARTS) is 1. The number of aliphatic hydroxyl groups excluding tert-OH is 1. The largest absolute Gasteiger partial charge is 0.508 e. The summed E-state index contributed by atoms with van der Waals surface area (Å²) in [5.74, 6) is -6.75. The van der Waals surface area contributed by atoms with Gasteiger partial charge < -0.3 is 74.0 Å². The minimum Gasteiger partial charge on any atom is -0.508 e. The zero-order valence-corrected chi connectivity index (χ0v) is 54.4. The number of rotatable bonds is 18. The SMILES string of the molecule is C=C(/C=C\C1=C(/N)c2csc(n2)-c2csc(n2)C(C(C)C2CO2)NC(=O)C(Cc2ccc(O)cc2)NC(=O)c2csc(n2)C(C(O)c2ccccc2)NC(=O)c2nc(sc2C)C(CC=O)NC(=O)/C(N)=C/SC1=C)C(=C)S/C=C(\N)C(=O)NC(=C)C(=O)NC(=C)C(=O)O. The number of aromatic nitrogens is 4. The first-order chi connectivity index (χ1) is 44.3. The number of aliphatic hydroxyl groups is 1. The van der Waals surface area contributed by atoms with Crippen molar-refractivity contribution in [3.63, 3.8) is 0 Å². The van der Waals surface area contributed by atoms with Crippen LogP contribution in [0.3, 0.4) is 0 Å². The predicted molar refractivity (Wildman–Crippen MR) is 358 cm³/mol. The maximum atomic E-state index is 14.8. The number of nitrogens with two attached hydrogens (primary N) is 3. The minimum absolute atomic E-state index is 0.0120. The Morgan fingerprint density at radius 3 is 2.13 bits per heavy atom. The summed E-state index contributed by atoms with van der Waals surface area (Å²) in [7, 11) is 0. The Labute approximate surface area is 556 Å². The van der Waals surface area contributed by atoms with E-state index in [4.69, 9.17) is 37.0 Å². The number of phenolic OH excluding ortho intramolecular Hbond substituents is 1. The number of carbonyl (C=O) groups is 8. The number of carboxylic acids is 1. The molecule has 1 fully saturated rings. The number of aryl methyl sites for hydroxylation is 1. The van der Waals surface area contributed by atoms with Crippen LogP contribution in [0.4, 0.5) is 0 Å². The standard InChI is InChI=1S/C62H61N13O12S6/c1-28(32(5)88-23-39(63)53(80)66-30(3)52(79)67-31(4)62(85)86)13-18-38-33(6)89-24-40(64)54(81)68-41(19-20-76)59-75-49(34(7)93-59)57(84)74-50(51(78)36-11-9-8-10-12-36)61-71-44(26-91-61)56(83)69-42(21-35-14-16-37(77)17-15-35)55(82)73-48(29(2)46-22-87-46)60-72-45(27-92-60)58-70-43(25-90-58)47(38)65/h8-18,20,23-27,29,41-42,46,48,50-51,77-78H,1,3-6,19,21-22,63-65H2,2,7H3,(H,66,80)(H,67,79)(H,68,81)(H,69,83)(H,73,82)(H,74,84)(H,85,86)/b18-13-,39-23-,40-24-,47-38+. The number of ether oxygens (including phenoxy) is 1. The maximum Gasteiger partial charge on any atom is 0.351 e. The molecule has 15 N–H and O–H groups in total. The molecule has 93 heavy (non-hydrogen) atoms. The van der Waals surface area contributed by atoms with Crippen LogP contribution in [0.1, 0.15) is 95.3 Å². The molecule has 7 atom stereocenters. The van der Waals surface area contributed by atoms with Crippen molar-refractivity contribution in [2.24, 2.45) is 23.1 Å². The number of benzene rings is 2. The number of carbonyl (C=O) groups excluding carboxylic acids is 7. The Morgan fingerprint density at radius 1 is 0.806 bits per heavy atom. The van der Waals surface area contributed by atoms with Crippen LogP contribution in [0.25, 0.3) is 16.4 Å². The number of phenols is 1. The van der Waals surface area contributed by atoms with E-state index in [-0.39, 0.29) is 90.2 Å². The molecule has 2 aliphatic heterocycles. The van der Waals surface area contributed by atoms with Gasteiger partial charge in [0.25, 0.3) is 29.5 Å². The first kappa shape index (κ1) is 69.3. The van der Waals surface area contributed by atoms with Gasteiger partial charge in [-0.1, -0.05) is 118 Å². The second-order valence-corrected chi connectivity index (χ2v) is 26.4. The highest BCUT2D eigenvalue weighted by molar-refractivity contribution is 8.06. The number of amides is 6. The van der Waals surface area contributed by atoms with E-state index in [0.717, 1.165) is 46.2 Å². The number of allylic oxidation sites excluding steroid dienone is 4. The van der Waals surface area contributed by atoms with Crippen molar-refractivity contribution in [3.05, 3.63) is 218 Å². The molecule has 4 aromatic heterocycles. The Morgan fingerprint density at radius 2 is 1.45 bits per heavy atom. The molecular weight excluding hydrogens is 1310 g/mol. The van der Waals surface area contributed by atoms with Crippen molar-refractivity contribution in [1.29, 1.82) is 0 Å². The molecule has 2 aromatic carbocycles. The highest BCUT2D eigenvalue weighted by Crippen LogP contribution is 2.39. The third kappa shape index (κ3) is 17.9. The van der Waals surface area contributed by atoms with Crippen LogP contribution in [0, 0.1) is 12.8 Å². The molecule has 1 saturated heterocycles. The molecular formula is C62H61N13O12S6. The monoisotopic (exact) mass is 1370 g/mol. The summed E-state index contributed by atoms with van der Waals surface area (Å²) in [4.78, 5) is 126. The molecule has 8 rings (SSSR count). The smallest absolute Gasteiger partial charge is 0.351 e. The third-order valence-electron chi connectivity index (χ3n) is 13.9. The van der Waals surface area contributed by atoms with Gasteiger partial charge in [-0.2, -0.15) is 0 Å². The van der Waals surface area contributed by atoms with Crippen LogP contribution in [-0.2, 0) is 39.9 Å². The molecule has 0 saturated carbocycles. The van der Waals surface area contributed by atoms with Gasteiger partial charge in [0.05, 0.1) is 41.9 Å². The number of aliphatic carboxylic acids is 1. The van der Waals surface area contributed by atoms with Gasteiger partial charge in [-0.25, -0.2) is 24.7 Å². The summed E-state index contributed by atoms with van der Waals surface area (Å²) >= 11 is 6.28. The van der Waals surface area contributed by atoms with Crippen molar-refractivity contribution < 1.29 is 58.4 Å². The first-order valence-electron chi connectivity index (χ1n) is 27.7. The summed E-state index contributed by atoms with van der Waals surface area (Å²) in [6, 6.07) is 10.2. The predicted octanol–water partition coefficient (Wildman–Crippen LogP) is 6.61. The Hall–Kier alpha value is -9.60. The molecule has 0 spiro atoms. The zero-order chi connectivity index (χ0) is 67.4. The van der Waals surface area contributed by atoms with E-state index in [1.807, 2.05) is 12.2 Å². The van der Waals surface area contributed by atoms with Crippen LogP contribution in [-0.4, -0.2) is 102 Å². The Bertz CT molecular complexity index is 4110. The van der Waals surface area contributed by atoms with E-state index in [1.165, 1.54) is 57.1 Å². The summed E-state index contributed by atoms with van der Waals surface area (Å²) in [6.45, 7) is 22.9. The number of fused-ring (bicyclic) bond motifs is 9. The van der Waals surface area contributed by atoms with Gasteiger partial charge in [0.1, 0.15) is 84.4 Å². The van der Waals surface area contributed by atoms with Gasteiger partial charge in [-0.3, -0.25) is 28.8 Å². The fourth-order valence-corrected chi connectivity index (χ4v) is 13.6. The normalized spacial score (nSPS) is 20.5. The molecule has 0 radical (unpaired) electrons. The second-order valence-electron chi connectivity index (χ2n) is 20.6. The second kappa shape index (κ2) is 31.1. The molecule has 31 heteroatoms. The number of nitrogens with one attached hydrogen (secondary N) is 6. The summed E-state index contributed by atoms with van der Waals surface area (Å²) < 4.78 is 5.73. The van der Waals surface area contributed by atoms with Gasteiger partial charge in [0.2, 0.25) is 5.91 Å². The quantitative estimate of drug-likeness (QED) is 0.0186. The molecule has 7 unspecified atom stereocenters. The van der Waals surface area contributed by atoms with E-state index in [0.29, 0.717) is 50.2 Å². The molecule has 25 nitrogen and oxygen atoms in total. The highest BCUT2D eigenvalue weighted by atomic mass is 32.2. The fraction of sp³-hybridized carbons (Fsp3) is 0.194. The maximum absolute atomic E-state index is 14.8. The molecule has 6 amide bonds. The average Bonchev–Trinajstić information content (AvgIpc) is 1.73. The number of aromatic hydroxyl groups is 1. The van der Waals surface area contributed by atoms with Crippen LogP contribution in [0.2, 0.25) is 0 Å². The lowest BCUT2D eigenvalue weighted by Crippen LogP contribution is -2.50. The van der Waals surface area contributed by atoms with Crippen LogP contribution in [0.5, 0.6) is 5.75 Å². The summed E-state index contributed by atoms with van der Waals surface area (Å²) in [5.41, 5.74) is 19.6. The number of aldehydes is 1. The van der Waals surface area contributed by atoms with Crippen molar-refractivity contribution in [3.8, 4) is 16.5 Å². The lowest BCUT2D eigenvalue weighted by molar-refractivity contribution is -0.134. The molecule has 6 aromatic rings. The van der Waals surface area contributed by atoms with E-state index in [9.17, 15) is 48.6 Å². The molecule has 2 aliphatic rings. The van der Waals surface area contributed by atoms with E-state index in [2.05, 4.69) is 69.4 Å². The molecule has 8 bridgehead atoms. The van der Waals surface area contributed by atoms with Gasteiger partial charge in [-0.05, 0) is 35.8 Å². The van der Waals surface area contributed by atoms with E-state index < -0.39 is 83.1 Å². The highest BCUT2D eigenvalue weighted by Gasteiger charge is 2.40. The lowest BCUT2D eigenvalue weighted by atomic mass is 9.97. The Kier molecular flexibility index (Phi) is 23.2. The average molecular weight is 1370 g/mol. The van der Waals surface area contributed by atoms with Crippen LogP contribution < -0.4 is 49.1 Å². The molecule has 482 valence electrons. The van der Waals surface area contributed by atoms with E-state index in [1.54, 1.807) is 66.2 Å². The third-order valence-corrected chi connectivity index (χ3v) is 19.5. The number of hydrogen-bond donors (Lipinski definition) is 12. The Balaban J connectivity index is 1.15. The fourth-order valence-electron chi connectivity index (χ4n) is 8.59. The zero-order valence-electron chi connectivity index (χ0n) is 49.5. The van der Waals surface area contributed by atoms with Gasteiger partial charge in [-0.15, -0.1) is 45.3 Å². The number of hydrogen-bond acceptors (Lipinski definition) is 24. The number of thioether (sulfide) groups is 2. The minimum atomic E-state index is -1.50. The van der Waals surface area contributed by atoms with Gasteiger partial charge >= 0.3 is 5.97 Å². The summed E-state index contributed by atoms with van der Waals surface area (Å²) in [6.07, 6.45) is 1.68. The molecule has 0 aliphatic carbocycles.